The summed E-state index contributed by atoms with van der Waals surface area (Å²) < 4.78 is 11.5. The highest BCUT2D eigenvalue weighted by molar-refractivity contribution is 5.94. The first-order chi connectivity index (χ1) is 10.2. The van der Waals surface area contributed by atoms with Crippen molar-refractivity contribution in [2.75, 3.05) is 32.8 Å². The summed E-state index contributed by atoms with van der Waals surface area (Å²) in [6.45, 7) is 4.30. The third kappa shape index (κ3) is 3.26. The molecule has 0 radical (unpaired) electrons. The van der Waals surface area contributed by atoms with Crippen molar-refractivity contribution in [3.8, 4) is 0 Å². The summed E-state index contributed by atoms with van der Waals surface area (Å²) in [5.41, 5.74) is 7.08. The second-order valence-electron chi connectivity index (χ2n) is 5.72. The highest BCUT2D eigenvalue weighted by atomic mass is 16.7. The lowest BCUT2D eigenvalue weighted by Crippen LogP contribution is -2.45. The largest absolute Gasteiger partial charge is 0.366 e. The van der Waals surface area contributed by atoms with Crippen LogP contribution in [0.15, 0.2) is 24.3 Å². The van der Waals surface area contributed by atoms with Crippen molar-refractivity contribution in [3.05, 3.63) is 35.4 Å². The van der Waals surface area contributed by atoms with E-state index in [9.17, 15) is 4.79 Å². The van der Waals surface area contributed by atoms with Gasteiger partial charge in [0, 0.05) is 38.0 Å². The maximum Gasteiger partial charge on any atom is 0.248 e. The summed E-state index contributed by atoms with van der Waals surface area (Å²) in [5.74, 6) is -0.669. The molecule has 2 aliphatic heterocycles. The van der Waals surface area contributed by atoms with Gasteiger partial charge in [0.1, 0.15) is 0 Å². The first-order valence-corrected chi connectivity index (χ1v) is 7.57. The maximum absolute atomic E-state index is 11.4. The minimum atomic E-state index is -0.351. The number of hydrogen-bond acceptors (Lipinski definition) is 4. The standard InChI is InChI=1S/C16H22N2O3/c17-15(19)14-4-2-1-3-13(14)5-8-18-9-6-16(7-10-18)20-11-12-21-16/h1-4H,5-12H2,(H2,17,19). The zero-order chi connectivity index (χ0) is 14.7. The van der Waals surface area contributed by atoms with E-state index < -0.39 is 0 Å². The van der Waals surface area contributed by atoms with Gasteiger partial charge in [-0.3, -0.25) is 4.79 Å². The minimum Gasteiger partial charge on any atom is -0.366 e. The van der Waals surface area contributed by atoms with E-state index in [0.717, 1.165) is 44.5 Å². The van der Waals surface area contributed by atoms with E-state index in [2.05, 4.69) is 4.90 Å². The Kier molecular flexibility index (Phi) is 4.24. The summed E-state index contributed by atoms with van der Waals surface area (Å²) in [6.07, 6.45) is 2.68. The highest BCUT2D eigenvalue weighted by Crippen LogP contribution is 2.31. The van der Waals surface area contributed by atoms with Crippen LogP contribution >= 0.6 is 0 Å². The number of nitrogens with two attached hydrogens (primary N) is 1. The van der Waals surface area contributed by atoms with Gasteiger partial charge in [-0.2, -0.15) is 0 Å². The Bertz CT molecular complexity index is 502. The average molecular weight is 290 g/mol. The molecule has 21 heavy (non-hydrogen) atoms. The van der Waals surface area contributed by atoms with E-state index in [1.54, 1.807) is 6.07 Å². The van der Waals surface area contributed by atoms with Crippen LogP contribution in [0.1, 0.15) is 28.8 Å². The molecule has 2 N–H and O–H groups in total. The Hall–Kier alpha value is -1.43. The van der Waals surface area contributed by atoms with Crippen molar-refractivity contribution >= 4 is 5.91 Å². The Morgan fingerprint density at radius 2 is 1.86 bits per heavy atom. The van der Waals surface area contributed by atoms with Crippen molar-refractivity contribution in [3.63, 3.8) is 0 Å². The fourth-order valence-electron chi connectivity index (χ4n) is 3.16. The number of ether oxygens (including phenoxy) is 2. The SMILES string of the molecule is NC(=O)c1ccccc1CCN1CCC2(CC1)OCCO2. The molecule has 2 heterocycles. The van der Waals surface area contributed by atoms with Crippen LogP contribution in [0.4, 0.5) is 0 Å². The van der Waals surface area contributed by atoms with Crippen LogP contribution < -0.4 is 5.73 Å². The molecular formula is C16H22N2O3. The van der Waals surface area contributed by atoms with Gasteiger partial charge < -0.3 is 20.1 Å². The highest BCUT2D eigenvalue weighted by Gasteiger charge is 2.39. The first-order valence-electron chi connectivity index (χ1n) is 7.57. The minimum absolute atomic E-state index is 0.318. The van der Waals surface area contributed by atoms with Gasteiger partial charge in [0.2, 0.25) is 5.91 Å². The molecule has 2 saturated heterocycles. The molecule has 0 saturated carbocycles. The molecule has 1 spiro atoms. The lowest BCUT2D eigenvalue weighted by atomic mass is 10.0. The molecule has 0 unspecified atom stereocenters. The lowest BCUT2D eigenvalue weighted by Gasteiger charge is -2.37. The maximum atomic E-state index is 11.4. The number of primary amides is 1. The second kappa shape index (κ2) is 6.13. The summed E-state index contributed by atoms with van der Waals surface area (Å²) in [7, 11) is 0. The van der Waals surface area contributed by atoms with Crippen molar-refractivity contribution in [2.45, 2.75) is 25.0 Å². The second-order valence-corrected chi connectivity index (χ2v) is 5.72. The Morgan fingerprint density at radius 3 is 2.52 bits per heavy atom. The van der Waals surface area contributed by atoms with E-state index >= 15 is 0 Å². The van der Waals surface area contributed by atoms with Gasteiger partial charge in [0.05, 0.1) is 13.2 Å². The topological polar surface area (TPSA) is 64.8 Å². The molecule has 114 valence electrons. The van der Waals surface area contributed by atoms with Crippen molar-refractivity contribution in [1.29, 1.82) is 0 Å². The zero-order valence-corrected chi connectivity index (χ0v) is 12.2. The van der Waals surface area contributed by atoms with E-state index in [1.165, 1.54) is 0 Å². The van der Waals surface area contributed by atoms with Gasteiger partial charge in [0.15, 0.2) is 5.79 Å². The normalized spacial score (nSPS) is 21.7. The smallest absolute Gasteiger partial charge is 0.248 e. The molecule has 0 aromatic heterocycles. The number of hydrogen-bond donors (Lipinski definition) is 1. The Morgan fingerprint density at radius 1 is 1.19 bits per heavy atom. The summed E-state index contributed by atoms with van der Waals surface area (Å²) in [6, 6.07) is 7.58. The number of amides is 1. The average Bonchev–Trinajstić information content (AvgIpc) is 2.95. The Labute approximate surface area is 125 Å². The molecule has 1 aromatic rings. The number of rotatable bonds is 4. The molecule has 2 aliphatic rings. The number of benzene rings is 1. The van der Waals surface area contributed by atoms with E-state index in [1.807, 2.05) is 18.2 Å². The third-order valence-electron chi connectivity index (χ3n) is 4.41. The van der Waals surface area contributed by atoms with E-state index in [-0.39, 0.29) is 11.7 Å². The van der Waals surface area contributed by atoms with Crippen LogP contribution in [0, 0.1) is 0 Å². The van der Waals surface area contributed by atoms with Gasteiger partial charge in [-0.25, -0.2) is 0 Å². The van der Waals surface area contributed by atoms with Crippen molar-refractivity contribution in [1.82, 2.24) is 4.90 Å². The van der Waals surface area contributed by atoms with Crippen LogP contribution in [0.25, 0.3) is 0 Å². The molecule has 1 aromatic carbocycles. The number of carbonyl (C=O) groups excluding carboxylic acids is 1. The van der Waals surface area contributed by atoms with Crippen LogP contribution in [0.3, 0.4) is 0 Å². The van der Waals surface area contributed by atoms with E-state index in [4.69, 9.17) is 15.2 Å². The van der Waals surface area contributed by atoms with Gasteiger partial charge >= 0.3 is 0 Å². The molecule has 0 bridgehead atoms. The molecule has 5 heteroatoms. The zero-order valence-electron chi connectivity index (χ0n) is 12.2. The summed E-state index contributed by atoms with van der Waals surface area (Å²) in [4.78, 5) is 13.8. The van der Waals surface area contributed by atoms with Gasteiger partial charge in [0.25, 0.3) is 0 Å². The number of likely N-dealkylation sites (tertiary alicyclic amines) is 1. The van der Waals surface area contributed by atoms with E-state index in [0.29, 0.717) is 18.8 Å². The lowest BCUT2D eigenvalue weighted by molar-refractivity contribution is -0.185. The first kappa shape index (κ1) is 14.5. The molecule has 5 nitrogen and oxygen atoms in total. The van der Waals surface area contributed by atoms with Gasteiger partial charge in [-0.15, -0.1) is 0 Å². The number of carbonyl (C=O) groups is 1. The monoisotopic (exact) mass is 290 g/mol. The molecule has 3 rings (SSSR count). The van der Waals surface area contributed by atoms with Gasteiger partial charge in [-0.05, 0) is 18.1 Å². The number of nitrogens with zero attached hydrogens (tertiary/aromatic N) is 1. The van der Waals surface area contributed by atoms with Crippen molar-refractivity contribution in [2.24, 2.45) is 5.73 Å². The number of piperidine rings is 1. The summed E-state index contributed by atoms with van der Waals surface area (Å²) >= 11 is 0. The molecule has 1 amide bonds. The molecular weight excluding hydrogens is 268 g/mol. The molecule has 0 atom stereocenters. The third-order valence-corrected chi connectivity index (χ3v) is 4.41. The van der Waals surface area contributed by atoms with Gasteiger partial charge in [-0.1, -0.05) is 18.2 Å². The predicted molar refractivity (Wildman–Crippen MR) is 79.0 cm³/mol. The fraction of sp³-hybridized carbons (Fsp3) is 0.562. The van der Waals surface area contributed by atoms with Crippen LogP contribution in [0.2, 0.25) is 0 Å². The fourth-order valence-corrected chi connectivity index (χ4v) is 3.16. The van der Waals surface area contributed by atoms with Crippen molar-refractivity contribution < 1.29 is 14.3 Å². The van der Waals surface area contributed by atoms with Crippen LogP contribution in [0.5, 0.6) is 0 Å². The molecule has 0 aliphatic carbocycles. The summed E-state index contributed by atoms with van der Waals surface area (Å²) in [5, 5.41) is 0. The quantitative estimate of drug-likeness (QED) is 0.904. The Balaban J connectivity index is 1.54. The predicted octanol–water partition coefficient (Wildman–Crippen LogP) is 1.17. The molecule has 2 fully saturated rings. The van der Waals surface area contributed by atoms with Crippen LogP contribution in [-0.2, 0) is 15.9 Å². The van der Waals surface area contributed by atoms with Crippen LogP contribution in [-0.4, -0.2) is 49.4 Å².